The van der Waals surface area contributed by atoms with Crippen molar-refractivity contribution in [3.05, 3.63) is 60.1 Å². The maximum Gasteiger partial charge on any atom is 0.251 e. The molecule has 0 aliphatic rings. The molecule has 0 spiro atoms. The quantitative estimate of drug-likeness (QED) is 0.783. The lowest BCUT2D eigenvalue weighted by molar-refractivity contribution is 0.0949. The molecule has 0 unspecified atom stereocenters. The van der Waals surface area contributed by atoms with Gasteiger partial charge in [0.05, 0.1) is 30.0 Å². The van der Waals surface area contributed by atoms with Gasteiger partial charge in [-0.2, -0.15) is 0 Å². The van der Waals surface area contributed by atoms with Crippen molar-refractivity contribution in [1.82, 2.24) is 10.3 Å². The Morgan fingerprint density at radius 3 is 2.91 bits per heavy atom. The van der Waals surface area contributed by atoms with Crippen LogP contribution in [0.5, 0.6) is 5.75 Å². The van der Waals surface area contributed by atoms with Gasteiger partial charge in [0.2, 0.25) is 0 Å². The van der Waals surface area contributed by atoms with Gasteiger partial charge in [-0.25, -0.2) is 0 Å². The predicted molar refractivity (Wildman–Crippen MR) is 87.4 cm³/mol. The van der Waals surface area contributed by atoms with Crippen molar-refractivity contribution in [1.29, 1.82) is 0 Å². The van der Waals surface area contributed by atoms with Crippen LogP contribution >= 0.6 is 0 Å². The molecule has 3 aromatic rings. The van der Waals surface area contributed by atoms with Crippen molar-refractivity contribution in [2.75, 3.05) is 0 Å². The molecular formula is C18H18N2O3. The molecule has 0 fully saturated rings. The lowest BCUT2D eigenvalue weighted by Crippen LogP contribution is -2.23. The molecule has 0 bridgehead atoms. The number of nitrogens with one attached hydrogen (secondary N) is 1. The summed E-state index contributed by atoms with van der Waals surface area (Å²) in [6, 6.07) is 10.9. The van der Waals surface area contributed by atoms with Gasteiger partial charge in [-0.1, -0.05) is 6.07 Å². The number of fused-ring (bicyclic) bond motifs is 1. The Labute approximate surface area is 134 Å². The fourth-order valence-corrected chi connectivity index (χ4v) is 2.30. The number of pyridine rings is 1. The Morgan fingerprint density at radius 1 is 1.30 bits per heavy atom. The molecule has 0 atom stereocenters. The summed E-state index contributed by atoms with van der Waals surface area (Å²) in [5, 5.41) is 3.72. The molecule has 1 amide bonds. The fraction of sp³-hybridized carbons (Fsp3) is 0.222. The molecule has 118 valence electrons. The first-order chi connectivity index (χ1) is 11.1. The minimum Gasteiger partial charge on any atom is -0.490 e. The molecule has 3 rings (SSSR count). The highest BCUT2D eigenvalue weighted by atomic mass is 16.5. The number of benzene rings is 1. The lowest BCUT2D eigenvalue weighted by Gasteiger charge is -2.12. The van der Waals surface area contributed by atoms with Gasteiger partial charge < -0.3 is 14.5 Å². The maximum atomic E-state index is 12.4. The van der Waals surface area contributed by atoms with Crippen LogP contribution < -0.4 is 10.1 Å². The van der Waals surface area contributed by atoms with Crippen LogP contribution in [0.25, 0.3) is 11.0 Å². The zero-order chi connectivity index (χ0) is 16.2. The van der Waals surface area contributed by atoms with Crippen molar-refractivity contribution >= 4 is 16.9 Å². The Balaban J connectivity index is 1.82. The highest BCUT2D eigenvalue weighted by Gasteiger charge is 2.14. The summed E-state index contributed by atoms with van der Waals surface area (Å²) in [7, 11) is 0. The number of carbonyl (C=O) groups excluding carboxylic acids is 1. The van der Waals surface area contributed by atoms with Crippen LogP contribution in [0.2, 0.25) is 0 Å². The van der Waals surface area contributed by atoms with E-state index in [-0.39, 0.29) is 12.0 Å². The summed E-state index contributed by atoms with van der Waals surface area (Å²) in [5.74, 6) is 0.455. The molecule has 0 aliphatic carbocycles. The zero-order valence-corrected chi connectivity index (χ0v) is 13.1. The Morgan fingerprint density at radius 2 is 2.17 bits per heavy atom. The van der Waals surface area contributed by atoms with Crippen LogP contribution in [-0.4, -0.2) is 17.0 Å². The largest absolute Gasteiger partial charge is 0.490 e. The Kier molecular flexibility index (Phi) is 4.28. The number of hydrogen-bond acceptors (Lipinski definition) is 4. The highest BCUT2D eigenvalue weighted by molar-refractivity contribution is 5.99. The number of furan rings is 1. The third kappa shape index (κ3) is 3.51. The molecular weight excluding hydrogens is 292 g/mol. The van der Waals surface area contributed by atoms with Crippen LogP contribution in [0, 0.1) is 0 Å². The van der Waals surface area contributed by atoms with E-state index in [9.17, 15) is 4.79 Å². The topological polar surface area (TPSA) is 64.4 Å². The van der Waals surface area contributed by atoms with Crippen LogP contribution in [0.4, 0.5) is 0 Å². The predicted octanol–water partition coefficient (Wildman–Crippen LogP) is 3.55. The van der Waals surface area contributed by atoms with Crippen LogP contribution in [0.1, 0.15) is 29.9 Å². The van der Waals surface area contributed by atoms with Gasteiger partial charge in [0.25, 0.3) is 5.91 Å². The first-order valence-corrected chi connectivity index (χ1v) is 7.49. The molecule has 5 heteroatoms. The third-order valence-corrected chi connectivity index (χ3v) is 3.31. The summed E-state index contributed by atoms with van der Waals surface area (Å²) in [4.78, 5) is 16.6. The zero-order valence-electron chi connectivity index (χ0n) is 13.1. The normalized spacial score (nSPS) is 10.9. The average Bonchev–Trinajstić information content (AvgIpc) is 3.02. The second-order valence-corrected chi connectivity index (χ2v) is 5.48. The maximum absolute atomic E-state index is 12.4. The number of rotatable bonds is 5. The van der Waals surface area contributed by atoms with E-state index in [0.717, 1.165) is 11.1 Å². The minimum atomic E-state index is -0.192. The average molecular weight is 310 g/mol. The SMILES string of the molecule is CC(C)Oc1cc(C(=O)NCc2ccccn2)cc2occc12. The monoisotopic (exact) mass is 310 g/mol. The van der Waals surface area contributed by atoms with Gasteiger partial charge in [0.1, 0.15) is 11.3 Å². The second kappa shape index (κ2) is 6.52. The van der Waals surface area contributed by atoms with E-state index in [0.29, 0.717) is 23.4 Å². The molecule has 2 aromatic heterocycles. The fourth-order valence-electron chi connectivity index (χ4n) is 2.30. The van der Waals surface area contributed by atoms with Crippen molar-refractivity contribution in [2.24, 2.45) is 0 Å². The first kappa shape index (κ1) is 15.1. The summed E-state index contributed by atoms with van der Waals surface area (Å²) >= 11 is 0. The van der Waals surface area contributed by atoms with E-state index < -0.39 is 0 Å². The molecule has 2 heterocycles. The molecule has 5 nitrogen and oxygen atoms in total. The van der Waals surface area contributed by atoms with Gasteiger partial charge >= 0.3 is 0 Å². The lowest BCUT2D eigenvalue weighted by atomic mass is 10.1. The van der Waals surface area contributed by atoms with E-state index in [1.54, 1.807) is 24.6 Å². The highest BCUT2D eigenvalue weighted by Crippen LogP contribution is 2.29. The van der Waals surface area contributed by atoms with E-state index in [1.165, 1.54) is 0 Å². The van der Waals surface area contributed by atoms with Crippen LogP contribution in [-0.2, 0) is 6.54 Å². The standard InChI is InChI=1S/C18H18N2O3/c1-12(2)23-17-10-13(9-16-15(17)6-8-22-16)18(21)20-11-14-5-3-4-7-19-14/h3-10,12H,11H2,1-2H3,(H,20,21). The Hall–Kier alpha value is -2.82. The first-order valence-electron chi connectivity index (χ1n) is 7.49. The smallest absolute Gasteiger partial charge is 0.251 e. The molecule has 23 heavy (non-hydrogen) atoms. The summed E-state index contributed by atoms with van der Waals surface area (Å²) < 4.78 is 11.2. The van der Waals surface area contributed by atoms with E-state index in [1.807, 2.05) is 38.1 Å². The summed E-state index contributed by atoms with van der Waals surface area (Å²) in [5.41, 5.74) is 1.93. The van der Waals surface area contributed by atoms with Gasteiger partial charge in [0.15, 0.2) is 0 Å². The van der Waals surface area contributed by atoms with Crippen LogP contribution in [0.3, 0.4) is 0 Å². The number of amides is 1. The summed E-state index contributed by atoms with van der Waals surface area (Å²) in [6.07, 6.45) is 3.30. The molecule has 0 saturated carbocycles. The number of nitrogens with zero attached hydrogens (tertiary/aromatic N) is 1. The second-order valence-electron chi connectivity index (χ2n) is 5.48. The molecule has 0 radical (unpaired) electrons. The van der Waals surface area contributed by atoms with Gasteiger partial charge in [0, 0.05) is 11.8 Å². The molecule has 1 aromatic carbocycles. The number of carbonyl (C=O) groups is 1. The number of aromatic nitrogens is 1. The van der Waals surface area contributed by atoms with E-state index in [4.69, 9.17) is 9.15 Å². The van der Waals surface area contributed by atoms with Crippen molar-refractivity contribution < 1.29 is 13.9 Å². The molecule has 1 N–H and O–H groups in total. The molecule has 0 saturated heterocycles. The number of hydrogen-bond donors (Lipinski definition) is 1. The van der Waals surface area contributed by atoms with Crippen molar-refractivity contribution in [3.8, 4) is 5.75 Å². The van der Waals surface area contributed by atoms with Gasteiger partial charge in [-0.15, -0.1) is 0 Å². The van der Waals surface area contributed by atoms with Crippen LogP contribution in [0.15, 0.2) is 53.3 Å². The van der Waals surface area contributed by atoms with Crippen molar-refractivity contribution in [3.63, 3.8) is 0 Å². The van der Waals surface area contributed by atoms with E-state index >= 15 is 0 Å². The third-order valence-electron chi connectivity index (χ3n) is 3.31. The molecule has 0 aliphatic heterocycles. The number of ether oxygens (including phenoxy) is 1. The van der Waals surface area contributed by atoms with Gasteiger partial charge in [-0.3, -0.25) is 9.78 Å². The van der Waals surface area contributed by atoms with Gasteiger partial charge in [-0.05, 0) is 44.2 Å². The van der Waals surface area contributed by atoms with Crippen molar-refractivity contribution in [2.45, 2.75) is 26.5 Å². The van der Waals surface area contributed by atoms with E-state index in [2.05, 4.69) is 10.3 Å². The Bertz CT molecular complexity index is 810. The summed E-state index contributed by atoms with van der Waals surface area (Å²) in [6.45, 7) is 4.26. The minimum absolute atomic E-state index is 0.0138.